The Hall–Kier alpha value is -2.40. The molecule has 24 heavy (non-hydrogen) atoms. The predicted molar refractivity (Wildman–Crippen MR) is 90.9 cm³/mol. The summed E-state index contributed by atoms with van der Waals surface area (Å²) < 4.78 is 18.8. The fraction of sp³-hybridized carbons (Fsp3) is 0.316. The van der Waals surface area contributed by atoms with Crippen molar-refractivity contribution >= 4 is 5.91 Å². The minimum Gasteiger partial charge on any atom is -0.457 e. The van der Waals surface area contributed by atoms with Gasteiger partial charge in [0.05, 0.1) is 0 Å². The molecule has 5 heteroatoms. The SMILES string of the molecule is CNC[C@H]1CCN(C(=O)c2ccc(Oc3cccc(F)c3)cc2)C1. The monoisotopic (exact) mass is 328 g/mol. The molecular formula is C19H21FN2O2. The first-order valence-electron chi connectivity index (χ1n) is 8.13. The van der Waals surface area contributed by atoms with Crippen LogP contribution in [0.2, 0.25) is 0 Å². The molecule has 1 N–H and O–H groups in total. The van der Waals surface area contributed by atoms with Gasteiger partial charge in [-0.05, 0) is 62.3 Å². The maximum Gasteiger partial charge on any atom is 0.253 e. The number of amides is 1. The second-order valence-corrected chi connectivity index (χ2v) is 6.05. The van der Waals surface area contributed by atoms with Gasteiger partial charge in [0.1, 0.15) is 17.3 Å². The van der Waals surface area contributed by atoms with Gasteiger partial charge < -0.3 is 15.0 Å². The van der Waals surface area contributed by atoms with E-state index in [1.54, 1.807) is 36.4 Å². The molecule has 0 aliphatic carbocycles. The van der Waals surface area contributed by atoms with Crippen LogP contribution < -0.4 is 10.1 Å². The van der Waals surface area contributed by atoms with Gasteiger partial charge in [0.15, 0.2) is 0 Å². The van der Waals surface area contributed by atoms with E-state index >= 15 is 0 Å². The van der Waals surface area contributed by atoms with Gasteiger partial charge >= 0.3 is 0 Å². The summed E-state index contributed by atoms with van der Waals surface area (Å²) in [5.41, 5.74) is 0.645. The van der Waals surface area contributed by atoms with Crippen LogP contribution in [0, 0.1) is 11.7 Å². The molecule has 4 nitrogen and oxygen atoms in total. The van der Waals surface area contributed by atoms with E-state index in [-0.39, 0.29) is 11.7 Å². The lowest BCUT2D eigenvalue weighted by Crippen LogP contribution is -2.30. The van der Waals surface area contributed by atoms with Crippen LogP contribution in [0.25, 0.3) is 0 Å². The smallest absolute Gasteiger partial charge is 0.253 e. The van der Waals surface area contributed by atoms with Gasteiger partial charge in [-0.15, -0.1) is 0 Å². The highest BCUT2D eigenvalue weighted by Crippen LogP contribution is 2.24. The number of likely N-dealkylation sites (tertiary alicyclic amines) is 1. The average Bonchev–Trinajstić information content (AvgIpc) is 3.04. The number of benzene rings is 2. The van der Waals surface area contributed by atoms with E-state index in [1.807, 2.05) is 11.9 Å². The first-order chi connectivity index (χ1) is 11.7. The highest BCUT2D eigenvalue weighted by atomic mass is 19.1. The Bertz CT molecular complexity index is 703. The number of carbonyl (C=O) groups is 1. The Balaban J connectivity index is 1.63. The summed E-state index contributed by atoms with van der Waals surface area (Å²) in [7, 11) is 1.93. The molecule has 1 amide bonds. The maximum atomic E-state index is 13.2. The second kappa shape index (κ2) is 7.45. The maximum absolute atomic E-state index is 13.2. The molecule has 1 saturated heterocycles. The number of rotatable bonds is 5. The number of hydrogen-bond acceptors (Lipinski definition) is 3. The molecule has 1 aliphatic rings. The quantitative estimate of drug-likeness (QED) is 0.916. The normalized spacial score (nSPS) is 17.1. The lowest BCUT2D eigenvalue weighted by molar-refractivity contribution is 0.0787. The minimum absolute atomic E-state index is 0.0471. The van der Waals surface area contributed by atoms with E-state index in [2.05, 4.69) is 5.32 Å². The number of nitrogens with one attached hydrogen (secondary N) is 1. The number of nitrogens with zero attached hydrogens (tertiary/aromatic N) is 1. The summed E-state index contributed by atoms with van der Waals surface area (Å²) in [5, 5.41) is 3.16. The summed E-state index contributed by atoms with van der Waals surface area (Å²) in [6, 6.07) is 13.0. The van der Waals surface area contributed by atoms with E-state index < -0.39 is 0 Å². The third-order valence-electron chi connectivity index (χ3n) is 4.20. The highest BCUT2D eigenvalue weighted by Gasteiger charge is 2.26. The van der Waals surface area contributed by atoms with Gasteiger partial charge in [0.2, 0.25) is 0 Å². The minimum atomic E-state index is -0.343. The summed E-state index contributed by atoms with van der Waals surface area (Å²) >= 11 is 0. The van der Waals surface area contributed by atoms with Crippen LogP contribution in [0.4, 0.5) is 4.39 Å². The van der Waals surface area contributed by atoms with Crippen LogP contribution >= 0.6 is 0 Å². The van der Waals surface area contributed by atoms with Crippen LogP contribution in [0.15, 0.2) is 48.5 Å². The van der Waals surface area contributed by atoms with Crippen molar-refractivity contribution in [3.63, 3.8) is 0 Å². The largest absolute Gasteiger partial charge is 0.457 e. The lowest BCUT2D eigenvalue weighted by Gasteiger charge is -2.17. The topological polar surface area (TPSA) is 41.6 Å². The molecule has 2 aromatic rings. The molecule has 0 bridgehead atoms. The third-order valence-corrected chi connectivity index (χ3v) is 4.20. The van der Waals surface area contributed by atoms with E-state index in [4.69, 9.17) is 4.74 Å². The van der Waals surface area contributed by atoms with Gasteiger partial charge in [0.25, 0.3) is 5.91 Å². The van der Waals surface area contributed by atoms with E-state index in [0.29, 0.717) is 23.0 Å². The van der Waals surface area contributed by atoms with Crippen molar-refractivity contribution in [1.29, 1.82) is 0 Å². The Kier molecular flexibility index (Phi) is 5.11. The van der Waals surface area contributed by atoms with Gasteiger partial charge in [0, 0.05) is 24.7 Å². The molecule has 2 aromatic carbocycles. The summed E-state index contributed by atoms with van der Waals surface area (Å²) in [5.74, 6) is 1.24. The molecule has 3 rings (SSSR count). The zero-order valence-electron chi connectivity index (χ0n) is 13.7. The van der Waals surface area contributed by atoms with Crippen LogP contribution in [-0.2, 0) is 0 Å². The van der Waals surface area contributed by atoms with Gasteiger partial charge in [-0.1, -0.05) is 6.07 Å². The van der Waals surface area contributed by atoms with Crippen LogP contribution in [0.5, 0.6) is 11.5 Å². The molecule has 1 aliphatic heterocycles. The molecule has 1 heterocycles. The fourth-order valence-electron chi connectivity index (χ4n) is 2.99. The summed E-state index contributed by atoms with van der Waals surface area (Å²) in [6.45, 7) is 2.53. The van der Waals surface area contributed by atoms with Crippen molar-refractivity contribution in [1.82, 2.24) is 10.2 Å². The van der Waals surface area contributed by atoms with Crippen LogP contribution in [-0.4, -0.2) is 37.5 Å². The van der Waals surface area contributed by atoms with Crippen molar-refractivity contribution in [2.75, 3.05) is 26.7 Å². The molecule has 126 valence electrons. The molecule has 0 saturated carbocycles. The summed E-state index contributed by atoms with van der Waals surface area (Å²) in [6.07, 6.45) is 1.04. The van der Waals surface area contributed by atoms with Crippen molar-refractivity contribution in [3.05, 3.63) is 59.9 Å². The standard InChI is InChI=1S/C19H21FN2O2/c1-21-12-14-9-10-22(13-14)19(23)15-5-7-17(8-6-15)24-18-4-2-3-16(20)11-18/h2-8,11,14,21H,9-10,12-13H2,1H3/t14-/m1/s1. The van der Waals surface area contributed by atoms with E-state index in [1.165, 1.54) is 12.1 Å². The number of halogens is 1. The van der Waals surface area contributed by atoms with E-state index in [0.717, 1.165) is 26.1 Å². The molecule has 0 unspecified atom stereocenters. The molecule has 1 atom stereocenters. The predicted octanol–water partition coefficient (Wildman–Crippen LogP) is 3.30. The molecule has 1 fully saturated rings. The Morgan fingerprint density at radius 1 is 1.25 bits per heavy atom. The Labute approximate surface area is 141 Å². The molecule has 0 radical (unpaired) electrons. The van der Waals surface area contributed by atoms with Gasteiger partial charge in [-0.25, -0.2) is 4.39 Å². The van der Waals surface area contributed by atoms with Gasteiger partial charge in [-0.2, -0.15) is 0 Å². The third kappa shape index (κ3) is 3.92. The van der Waals surface area contributed by atoms with Crippen LogP contribution in [0.3, 0.4) is 0 Å². The Morgan fingerprint density at radius 3 is 2.75 bits per heavy atom. The number of carbonyl (C=O) groups excluding carboxylic acids is 1. The fourth-order valence-corrected chi connectivity index (χ4v) is 2.99. The Morgan fingerprint density at radius 2 is 2.04 bits per heavy atom. The number of hydrogen-bond donors (Lipinski definition) is 1. The van der Waals surface area contributed by atoms with Crippen molar-refractivity contribution in [3.8, 4) is 11.5 Å². The highest BCUT2D eigenvalue weighted by molar-refractivity contribution is 5.94. The zero-order valence-corrected chi connectivity index (χ0v) is 13.7. The van der Waals surface area contributed by atoms with Crippen molar-refractivity contribution < 1.29 is 13.9 Å². The zero-order chi connectivity index (χ0) is 16.9. The van der Waals surface area contributed by atoms with Crippen molar-refractivity contribution in [2.45, 2.75) is 6.42 Å². The van der Waals surface area contributed by atoms with Crippen molar-refractivity contribution in [2.24, 2.45) is 5.92 Å². The molecule has 0 aromatic heterocycles. The van der Waals surface area contributed by atoms with Crippen LogP contribution in [0.1, 0.15) is 16.8 Å². The first-order valence-corrected chi connectivity index (χ1v) is 8.13. The lowest BCUT2D eigenvalue weighted by atomic mass is 10.1. The molecule has 0 spiro atoms. The first kappa shape index (κ1) is 16.5. The second-order valence-electron chi connectivity index (χ2n) is 6.05. The number of ether oxygens (including phenoxy) is 1. The van der Waals surface area contributed by atoms with Gasteiger partial charge in [-0.3, -0.25) is 4.79 Å². The molecular weight excluding hydrogens is 307 g/mol. The summed E-state index contributed by atoms with van der Waals surface area (Å²) in [4.78, 5) is 14.4. The average molecular weight is 328 g/mol. The van der Waals surface area contributed by atoms with E-state index in [9.17, 15) is 9.18 Å².